The summed E-state index contributed by atoms with van der Waals surface area (Å²) in [4.78, 5) is 2.68. The van der Waals surface area contributed by atoms with Crippen molar-refractivity contribution in [2.24, 2.45) is 0 Å². The maximum absolute atomic E-state index is 3.46. The Labute approximate surface area is 118 Å². The highest BCUT2D eigenvalue weighted by Gasteiger charge is 2.22. The highest BCUT2D eigenvalue weighted by atomic mass is 15.2. The van der Waals surface area contributed by atoms with Crippen LogP contribution in [0.25, 0.3) is 0 Å². The van der Waals surface area contributed by atoms with Gasteiger partial charge in [0.15, 0.2) is 0 Å². The molecule has 1 heterocycles. The number of piperazine rings is 1. The van der Waals surface area contributed by atoms with Gasteiger partial charge in [0, 0.05) is 32.2 Å². The van der Waals surface area contributed by atoms with E-state index in [1.807, 2.05) is 0 Å². The van der Waals surface area contributed by atoms with Gasteiger partial charge in [-0.1, -0.05) is 50.5 Å². The van der Waals surface area contributed by atoms with Crippen molar-refractivity contribution in [3.63, 3.8) is 0 Å². The van der Waals surface area contributed by atoms with Gasteiger partial charge in [-0.25, -0.2) is 0 Å². The Morgan fingerprint density at radius 2 is 1.89 bits per heavy atom. The monoisotopic (exact) mass is 260 g/mol. The molecule has 106 valence electrons. The molecule has 1 aliphatic heterocycles. The molecule has 0 unspecified atom stereocenters. The molecule has 0 radical (unpaired) electrons. The third kappa shape index (κ3) is 4.05. The van der Waals surface area contributed by atoms with Gasteiger partial charge in [0.1, 0.15) is 0 Å². The molecule has 2 heteroatoms. The van der Waals surface area contributed by atoms with Gasteiger partial charge in [0.05, 0.1) is 0 Å². The van der Waals surface area contributed by atoms with E-state index in [1.54, 1.807) is 5.56 Å². The molecule has 0 amide bonds. The highest BCUT2D eigenvalue weighted by molar-refractivity contribution is 5.29. The first-order chi connectivity index (χ1) is 9.33. The average Bonchev–Trinajstić information content (AvgIpc) is 2.46. The quantitative estimate of drug-likeness (QED) is 0.787. The predicted octanol–water partition coefficient (Wildman–Crippen LogP) is 3.52. The molecular formula is C17H28N2. The summed E-state index contributed by atoms with van der Waals surface area (Å²) in [6.07, 6.45) is 5.31. The Morgan fingerprint density at radius 1 is 1.16 bits per heavy atom. The molecule has 1 fully saturated rings. The Kier molecular flexibility index (Phi) is 5.87. The molecule has 0 aliphatic carbocycles. The molecule has 2 rings (SSSR count). The first-order valence-electron chi connectivity index (χ1n) is 7.83. The number of nitrogens with zero attached hydrogens (tertiary/aromatic N) is 1. The first kappa shape index (κ1) is 14.5. The van der Waals surface area contributed by atoms with Gasteiger partial charge in [-0.15, -0.1) is 0 Å². The van der Waals surface area contributed by atoms with Crippen LogP contribution in [0.5, 0.6) is 0 Å². The normalized spacial score (nSPS) is 18.4. The number of unbranched alkanes of at least 4 members (excludes halogenated alkanes) is 2. The number of hydrogen-bond acceptors (Lipinski definition) is 2. The second-order valence-electron chi connectivity index (χ2n) is 5.65. The zero-order chi connectivity index (χ0) is 13.5. The Balaban J connectivity index is 2.10. The molecule has 1 aromatic rings. The minimum Gasteiger partial charge on any atom is -0.314 e. The molecular weight excluding hydrogens is 232 g/mol. The lowest BCUT2D eigenvalue weighted by Crippen LogP contribution is -2.45. The predicted molar refractivity (Wildman–Crippen MR) is 82.5 cm³/mol. The van der Waals surface area contributed by atoms with Crippen LogP contribution in [0.15, 0.2) is 24.3 Å². The van der Waals surface area contributed by atoms with Crippen molar-refractivity contribution in [1.29, 1.82) is 0 Å². The summed E-state index contributed by atoms with van der Waals surface area (Å²) < 4.78 is 0. The molecule has 1 atom stereocenters. The summed E-state index contributed by atoms with van der Waals surface area (Å²) in [6, 6.07) is 9.55. The van der Waals surface area contributed by atoms with Crippen LogP contribution in [0.4, 0.5) is 0 Å². The van der Waals surface area contributed by atoms with Crippen LogP contribution < -0.4 is 5.32 Å². The van der Waals surface area contributed by atoms with Crippen molar-refractivity contribution in [2.75, 3.05) is 26.2 Å². The van der Waals surface area contributed by atoms with E-state index in [0.29, 0.717) is 6.04 Å². The second kappa shape index (κ2) is 7.66. The lowest BCUT2D eigenvalue weighted by atomic mass is 9.94. The van der Waals surface area contributed by atoms with Crippen LogP contribution in [0.3, 0.4) is 0 Å². The van der Waals surface area contributed by atoms with E-state index in [4.69, 9.17) is 0 Å². The van der Waals surface area contributed by atoms with E-state index >= 15 is 0 Å². The van der Waals surface area contributed by atoms with Gasteiger partial charge < -0.3 is 5.32 Å². The van der Waals surface area contributed by atoms with E-state index in [0.717, 1.165) is 13.1 Å². The van der Waals surface area contributed by atoms with Crippen LogP contribution in [-0.2, 0) is 0 Å². The lowest BCUT2D eigenvalue weighted by Gasteiger charge is -2.36. The molecule has 19 heavy (non-hydrogen) atoms. The van der Waals surface area contributed by atoms with Crippen molar-refractivity contribution >= 4 is 0 Å². The topological polar surface area (TPSA) is 15.3 Å². The molecule has 1 saturated heterocycles. The Morgan fingerprint density at radius 3 is 2.58 bits per heavy atom. The van der Waals surface area contributed by atoms with Gasteiger partial charge in [0.2, 0.25) is 0 Å². The average molecular weight is 260 g/mol. The third-order valence-corrected chi connectivity index (χ3v) is 4.22. The summed E-state index contributed by atoms with van der Waals surface area (Å²) in [7, 11) is 0. The van der Waals surface area contributed by atoms with Gasteiger partial charge in [-0.2, -0.15) is 0 Å². The molecule has 0 spiro atoms. The third-order valence-electron chi connectivity index (χ3n) is 4.22. The van der Waals surface area contributed by atoms with E-state index in [9.17, 15) is 0 Å². The molecule has 1 aliphatic rings. The van der Waals surface area contributed by atoms with Gasteiger partial charge in [-0.05, 0) is 24.5 Å². The van der Waals surface area contributed by atoms with Crippen LogP contribution in [0, 0.1) is 6.92 Å². The smallest absolute Gasteiger partial charge is 0.0351 e. The molecule has 0 bridgehead atoms. The van der Waals surface area contributed by atoms with Crippen molar-refractivity contribution in [3.8, 4) is 0 Å². The zero-order valence-corrected chi connectivity index (χ0v) is 12.5. The van der Waals surface area contributed by atoms with Crippen molar-refractivity contribution in [3.05, 3.63) is 35.4 Å². The van der Waals surface area contributed by atoms with Gasteiger partial charge in [-0.3, -0.25) is 4.90 Å². The van der Waals surface area contributed by atoms with Crippen molar-refractivity contribution in [1.82, 2.24) is 10.2 Å². The van der Waals surface area contributed by atoms with Crippen LogP contribution in [0.2, 0.25) is 0 Å². The maximum Gasteiger partial charge on any atom is 0.0351 e. The summed E-state index contributed by atoms with van der Waals surface area (Å²) in [5.74, 6) is 0. The van der Waals surface area contributed by atoms with Crippen molar-refractivity contribution in [2.45, 2.75) is 45.6 Å². The SMILES string of the molecule is CCCCC[C@H](c1ccccc1C)N1CCNCC1. The fraction of sp³-hybridized carbons (Fsp3) is 0.647. The molecule has 0 aromatic heterocycles. The first-order valence-corrected chi connectivity index (χ1v) is 7.83. The minimum atomic E-state index is 0.620. The number of rotatable bonds is 6. The molecule has 0 saturated carbocycles. The molecule has 2 nitrogen and oxygen atoms in total. The largest absolute Gasteiger partial charge is 0.314 e. The zero-order valence-electron chi connectivity index (χ0n) is 12.5. The summed E-state index contributed by atoms with van der Waals surface area (Å²) >= 11 is 0. The number of hydrogen-bond donors (Lipinski definition) is 1. The summed E-state index contributed by atoms with van der Waals surface area (Å²) in [5.41, 5.74) is 2.99. The molecule has 1 N–H and O–H groups in total. The standard InChI is InChI=1S/C17H28N2/c1-3-4-5-10-17(19-13-11-18-12-14-19)16-9-7-6-8-15(16)2/h6-9,17-18H,3-5,10-14H2,1-2H3/t17-/m1/s1. The van der Waals surface area contributed by atoms with Gasteiger partial charge in [0.25, 0.3) is 0 Å². The van der Waals surface area contributed by atoms with Crippen molar-refractivity contribution < 1.29 is 0 Å². The van der Waals surface area contributed by atoms with Crippen LogP contribution in [-0.4, -0.2) is 31.1 Å². The highest BCUT2D eigenvalue weighted by Crippen LogP contribution is 2.29. The maximum atomic E-state index is 3.46. The van der Waals surface area contributed by atoms with E-state index < -0.39 is 0 Å². The number of aryl methyl sites for hydroxylation is 1. The Bertz CT molecular complexity index is 369. The fourth-order valence-corrected chi connectivity index (χ4v) is 3.08. The molecule has 1 aromatic carbocycles. The van der Waals surface area contributed by atoms with Gasteiger partial charge >= 0.3 is 0 Å². The summed E-state index contributed by atoms with van der Waals surface area (Å²) in [6.45, 7) is 9.18. The Hall–Kier alpha value is -0.860. The van der Waals surface area contributed by atoms with E-state index in [-0.39, 0.29) is 0 Å². The summed E-state index contributed by atoms with van der Waals surface area (Å²) in [5, 5.41) is 3.46. The van der Waals surface area contributed by atoms with E-state index in [2.05, 4.69) is 48.3 Å². The number of nitrogens with one attached hydrogen (secondary N) is 1. The minimum absolute atomic E-state index is 0.620. The second-order valence-corrected chi connectivity index (χ2v) is 5.65. The van der Waals surface area contributed by atoms with E-state index in [1.165, 1.54) is 44.3 Å². The van der Waals surface area contributed by atoms with Crippen LogP contribution >= 0.6 is 0 Å². The fourth-order valence-electron chi connectivity index (χ4n) is 3.08. The van der Waals surface area contributed by atoms with Crippen LogP contribution in [0.1, 0.15) is 49.8 Å². The number of benzene rings is 1. The lowest BCUT2D eigenvalue weighted by molar-refractivity contribution is 0.162.